The summed E-state index contributed by atoms with van der Waals surface area (Å²) >= 11 is 4.67. The Hall–Kier alpha value is -2.49. The lowest BCUT2D eigenvalue weighted by atomic mass is 10.2. The summed E-state index contributed by atoms with van der Waals surface area (Å²) in [5, 5.41) is 19.3. The molecular formula is C19H17N5OS3. The van der Waals surface area contributed by atoms with Gasteiger partial charge in [-0.1, -0.05) is 30.0 Å². The molecule has 0 unspecified atom stereocenters. The van der Waals surface area contributed by atoms with Crippen molar-refractivity contribution in [3.63, 3.8) is 0 Å². The first-order chi connectivity index (χ1) is 13.7. The summed E-state index contributed by atoms with van der Waals surface area (Å²) in [5.74, 6) is 0.896. The van der Waals surface area contributed by atoms with E-state index in [-0.39, 0.29) is 11.7 Å². The van der Waals surface area contributed by atoms with Crippen molar-refractivity contribution < 1.29 is 4.79 Å². The minimum atomic E-state index is -0.0764. The first-order valence-corrected chi connectivity index (χ1v) is 11.3. The largest absolute Gasteiger partial charge is 0.325 e. The van der Waals surface area contributed by atoms with E-state index in [4.69, 9.17) is 4.98 Å². The van der Waals surface area contributed by atoms with Gasteiger partial charge in [-0.25, -0.2) is 4.98 Å². The lowest BCUT2D eigenvalue weighted by Crippen LogP contribution is -2.14. The van der Waals surface area contributed by atoms with Crippen LogP contribution in [0.15, 0.2) is 57.7 Å². The number of carbonyl (C=O) groups excluding carboxylic acids is 1. The molecule has 0 bridgehead atoms. The number of thiazole rings is 1. The number of thiophene rings is 1. The third-order valence-corrected chi connectivity index (χ3v) is 6.54. The molecule has 3 aromatic heterocycles. The van der Waals surface area contributed by atoms with Gasteiger partial charge in [-0.2, -0.15) is 11.3 Å². The third-order valence-electron chi connectivity index (χ3n) is 3.94. The van der Waals surface area contributed by atoms with Gasteiger partial charge in [-0.05, 0) is 34.5 Å². The van der Waals surface area contributed by atoms with Crippen LogP contribution in [0.5, 0.6) is 0 Å². The molecule has 0 saturated carbocycles. The van der Waals surface area contributed by atoms with Crippen molar-refractivity contribution >= 4 is 46.0 Å². The Labute approximate surface area is 174 Å². The van der Waals surface area contributed by atoms with Gasteiger partial charge >= 0.3 is 0 Å². The van der Waals surface area contributed by atoms with Crippen molar-refractivity contribution in [1.29, 1.82) is 0 Å². The Morgan fingerprint density at radius 1 is 1.18 bits per heavy atom. The Morgan fingerprint density at radius 3 is 2.82 bits per heavy atom. The van der Waals surface area contributed by atoms with Crippen LogP contribution in [-0.4, -0.2) is 31.4 Å². The summed E-state index contributed by atoms with van der Waals surface area (Å²) in [7, 11) is 1.89. The van der Waals surface area contributed by atoms with E-state index < -0.39 is 0 Å². The summed E-state index contributed by atoms with van der Waals surface area (Å²) in [6, 6.07) is 11.5. The molecule has 4 rings (SSSR count). The number of hydrogen-bond donors (Lipinski definition) is 1. The molecule has 0 fully saturated rings. The van der Waals surface area contributed by atoms with E-state index in [1.54, 1.807) is 22.7 Å². The van der Waals surface area contributed by atoms with E-state index in [1.165, 1.54) is 17.3 Å². The van der Waals surface area contributed by atoms with Gasteiger partial charge in [0.1, 0.15) is 5.69 Å². The minimum absolute atomic E-state index is 0.0764. The highest BCUT2D eigenvalue weighted by Gasteiger charge is 2.15. The van der Waals surface area contributed by atoms with E-state index in [0.717, 1.165) is 22.8 Å². The number of rotatable bonds is 7. The molecule has 1 aromatic carbocycles. The molecule has 0 spiro atoms. The molecule has 28 heavy (non-hydrogen) atoms. The van der Waals surface area contributed by atoms with E-state index >= 15 is 0 Å². The van der Waals surface area contributed by atoms with Gasteiger partial charge in [0.2, 0.25) is 5.91 Å². The number of hydrogen-bond acceptors (Lipinski definition) is 7. The van der Waals surface area contributed by atoms with Crippen LogP contribution in [0.25, 0.3) is 11.5 Å². The number of aromatic nitrogens is 4. The Kier molecular flexibility index (Phi) is 5.84. The van der Waals surface area contributed by atoms with Crippen LogP contribution >= 0.6 is 34.4 Å². The Balaban J connectivity index is 1.39. The van der Waals surface area contributed by atoms with Crippen LogP contribution in [0.2, 0.25) is 0 Å². The summed E-state index contributed by atoms with van der Waals surface area (Å²) in [4.78, 5) is 16.8. The normalized spacial score (nSPS) is 10.9. The van der Waals surface area contributed by atoms with Crippen LogP contribution in [0.4, 0.5) is 5.69 Å². The quantitative estimate of drug-likeness (QED) is 0.445. The molecule has 0 radical (unpaired) electrons. The lowest BCUT2D eigenvalue weighted by molar-refractivity contribution is -0.113. The molecule has 0 aliphatic carbocycles. The topological polar surface area (TPSA) is 72.7 Å². The molecule has 6 nitrogen and oxygen atoms in total. The lowest BCUT2D eigenvalue weighted by Gasteiger charge is -2.05. The van der Waals surface area contributed by atoms with Crippen molar-refractivity contribution in [3.05, 3.63) is 63.1 Å². The van der Waals surface area contributed by atoms with Crippen molar-refractivity contribution in [3.8, 4) is 11.5 Å². The standard InChI is InChI=1S/C19H17N5OS3/c1-24-18(15-11-27-17(21-15)9-13-7-8-26-10-13)22-23-19(24)28-12-16(25)20-14-5-3-2-4-6-14/h2-8,10-11H,9,12H2,1H3,(H,20,25). The van der Waals surface area contributed by atoms with Crippen molar-refractivity contribution in [2.45, 2.75) is 11.6 Å². The second-order valence-corrected chi connectivity index (χ2v) is 8.67. The van der Waals surface area contributed by atoms with Crippen molar-refractivity contribution in [2.24, 2.45) is 7.05 Å². The summed E-state index contributed by atoms with van der Waals surface area (Å²) in [5.41, 5.74) is 2.86. The molecule has 1 amide bonds. The average Bonchev–Trinajstić information content (AvgIpc) is 3.44. The summed E-state index contributed by atoms with van der Waals surface area (Å²) < 4.78 is 1.88. The highest BCUT2D eigenvalue weighted by Crippen LogP contribution is 2.25. The van der Waals surface area contributed by atoms with Gasteiger partial charge in [0, 0.05) is 24.5 Å². The highest BCUT2D eigenvalue weighted by molar-refractivity contribution is 7.99. The maximum Gasteiger partial charge on any atom is 0.234 e. The Morgan fingerprint density at radius 2 is 2.04 bits per heavy atom. The third kappa shape index (κ3) is 4.49. The van der Waals surface area contributed by atoms with Gasteiger partial charge in [-0.15, -0.1) is 21.5 Å². The fourth-order valence-corrected chi connectivity index (χ4v) is 4.76. The van der Waals surface area contributed by atoms with E-state index in [1.807, 2.05) is 47.3 Å². The molecule has 9 heteroatoms. The smallest absolute Gasteiger partial charge is 0.234 e. The van der Waals surface area contributed by atoms with Crippen LogP contribution in [0.3, 0.4) is 0 Å². The SMILES string of the molecule is Cn1c(SCC(=O)Nc2ccccc2)nnc1-c1csc(Cc2ccsc2)n1. The maximum atomic E-state index is 12.1. The first-order valence-electron chi connectivity index (χ1n) is 8.52. The van der Waals surface area contributed by atoms with E-state index in [2.05, 4.69) is 32.3 Å². The molecule has 0 aliphatic rings. The Bertz CT molecular complexity index is 1060. The van der Waals surface area contributed by atoms with E-state index in [0.29, 0.717) is 11.0 Å². The minimum Gasteiger partial charge on any atom is -0.325 e. The number of nitrogens with zero attached hydrogens (tertiary/aromatic N) is 4. The molecule has 1 N–H and O–H groups in total. The summed E-state index contributed by atoms with van der Waals surface area (Å²) in [6.45, 7) is 0. The second kappa shape index (κ2) is 8.68. The number of nitrogens with one attached hydrogen (secondary N) is 1. The number of carbonyl (C=O) groups is 1. The number of benzene rings is 1. The van der Waals surface area contributed by atoms with Gasteiger partial charge < -0.3 is 9.88 Å². The predicted octanol–water partition coefficient (Wildman–Crippen LogP) is 4.32. The molecule has 0 saturated heterocycles. The van der Waals surface area contributed by atoms with Gasteiger partial charge in [0.05, 0.1) is 10.8 Å². The molecule has 0 aliphatic heterocycles. The highest BCUT2D eigenvalue weighted by atomic mass is 32.2. The number of para-hydroxylation sites is 1. The van der Waals surface area contributed by atoms with Crippen LogP contribution in [-0.2, 0) is 18.3 Å². The van der Waals surface area contributed by atoms with Gasteiger partial charge in [0.15, 0.2) is 11.0 Å². The van der Waals surface area contributed by atoms with Crippen LogP contribution in [0.1, 0.15) is 10.6 Å². The molecule has 3 heterocycles. The number of amides is 1. The zero-order valence-corrected chi connectivity index (χ0v) is 17.5. The molecule has 142 valence electrons. The van der Waals surface area contributed by atoms with Crippen molar-refractivity contribution in [1.82, 2.24) is 19.7 Å². The van der Waals surface area contributed by atoms with E-state index in [9.17, 15) is 4.79 Å². The summed E-state index contributed by atoms with van der Waals surface area (Å²) in [6.07, 6.45) is 0.827. The molecule has 0 atom stereocenters. The number of thioether (sulfide) groups is 1. The molecular weight excluding hydrogens is 410 g/mol. The van der Waals surface area contributed by atoms with Crippen LogP contribution in [0, 0.1) is 0 Å². The van der Waals surface area contributed by atoms with Crippen LogP contribution < -0.4 is 5.32 Å². The van der Waals surface area contributed by atoms with Crippen molar-refractivity contribution in [2.75, 3.05) is 11.1 Å². The fraction of sp³-hybridized carbons (Fsp3) is 0.158. The second-order valence-electron chi connectivity index (χ2n) is 6.00. The fourth-order valence-electron chi connectivity index (χ4n) is 2.57. The predicted molar refractivity (Wildman–Crippen MR) is 115 cm³/mol. The first kappa shape index (κ1) is 18.9. The maximum absolute atomic E-state index is 12.1. The molecule has 4 aromatic rings. The average molecular weight is 428 g/mol. The monoisotopic (exact) mass is 427 g/mol. The zero-order valence-electron chi connectivity index (χ0n) is 15.0. The number of anilines is 1. The zero-order chi connectivity index (χ0) is 19.3. The van der Waals surface area contributed by atoms with Gasteiger partial charge in [0.25, 0.3) is 0 Å². The van der Waals surface area contributed by atoms with Gasteiger partial charge in [-0.3, -0.25) is 4.79 Å².